The van der Waals surface area contributed by atoms with E-state index >= 15 is 0 Å². The van der Waals surface area contributed by atoms with Gasteiger partial charge in [0.15, 0.2) is 0 Å². The number of carboxylic acid groups (broad SMARTS) is 1. The lowest BCUT2D eigenvalue weighted by Crippen LogP contribution is -2.15. The number of carboxylic acids is 1. The van der Waals surface area contributed by atoms with Crippen LogP contribution in [0.15, 0.2) is 83.4 Å². The van der Waals surface area contributed by atoms with E-state index in [9.17, 15) is 20.0 Å². The van der Waals surface area contributed by atoms with Gasteiger partial charge in [0.05, 0.1) is 41.1 Å². The molecule has 0 saturated carbocycles. The third-order valence-electron chi connectivity index (χ3n) is 5.11. The summed E-state index contributed by atoms with van der Waals surface area (Å²) in [5, 5.41) is 21.3. The van der Waals surface area contributed by atoms with Crippen LogP contribution in [-0.4, -0.2) is 22.7 Å². The molecule has 1 heterocycles. The standard InChI is InChI=1S/C25H19N3O3/c26-15-16-4-1-2-5-17(9-8-16)22-14-24(29)28-23-13-19(10-11-21(23)27-22)18-6-3-7-20(12-18)25(30)31/h1-3,5-13,16H,4,14H2,(H,28,29)(H,30,31)/b2-1-,9-8?,17-5+. The first kappa shape index (κ1) is 20.0. The van der Waals surface area contributed by atoms with Crippen molar-refractivity contribution in [3.05, 3.63) is 84.0 Å². The number of amides is 1. The Morgan fingerprint density at radius 3 is 2.84 bits per heavy atom. The number of rotatable bonds is 3. The zero-order chi connectivity index (χ0) is 21.8. The fourth-order valence-electron chi connectivity index (χ4n) is 3.48. The summed E-state index contributed by atoms with van der Waals surface area (Å²) in [6.07, 6.45) is 10.2. The molecular formula is C25H19N3O3. The third kappa shape index (κ3) is 4.51. The normalized spacial score (nSPS) is 20.5. The molecule has 2 aromatic rings. The largest absolute Gasteiger partial charge is 0.478 e. The average Bonchev–Trinajstić information content (AvgIpc) is 2.91. The molecule has 2 N–H and O–H groups in total. The molecule has 2 aliphatic rings. The average molecular weight is 409 g/mol. The van der Waals surface area contributed by atoms with Crippen molar-refractivity contribution in [2.75, 3.05) is 5.32 Å². The fourth-order valence-corrected chi connectivity index (χ4v) is 3.48. The molecule has 0 saturated heterocycles. The molecule has 0 aromatic heterocycles. The molecule has 1 unspecified atom stereocenters. The smallest absolute Gasteiger partial charge is 0.335 e. The molecule has 152 valence electrons. The number of nitrogens with one attached hydrogen (secondary N) is 1. The SMILES string of the molecule is N#CC1C=C/C(C2=Nc3ccc(-c4cccc(C(=O)O)c4)cc3NC(=O)C2)=C\C=C/C1. The van der Waals surface area contributed by atoms with Crippen molar-refractivity contribution in [1.29, 1.82) is 5.26 Å². The summed E-state index contributed by atoms with van der Waals surface area (Å²) in [5.74, 6) is -1.39. The van der Waals surface area contributed by atoms with Gasteiger partial charge >= 0.3 is 5.97 Å². The van der Waals surface area contributed by atoms with E-state index in [1.165, 1.54) is 6.07 Å². The van der Waals surface area contributed by atoms with Crippen molar-refractivity contribution in [2.24, 2.45) is 10.9 Å². The number of fused-ring (bicyclic) bond motifs is 1. The number of carbonyl (C=O) groups is 2. The van der Waals surface area contributed by atoms with Crippen molar-refractivity contribution in [1.82, 2.24) is 0 Å². The molecule has 0 radical (unpaired) electrons. The van der Waals surface area contributed by atoms with Crippen LogP contribution < -0.4 is 5.32 Å². The number of anilines is 1. The number of aromatic carboxylic acids is 1. The van der Waals surface area contributed by atoms with Gasteiger partial charge in [0.1, 0.15) is 0 Å². The van der Waals surface area contributed by atoms with Gasteiger partial charge in [-0.3, -0.25) is 9.79 Å². The number of nitrogens with zero attached hydrogens (tertiary/aromatic N) is 2. The van der Waals surface area contributed by atoms with Crippen LogP contribution in [0.1, 0.15) is 23.2 Å². The topological polar surface area (TPSA) is 103 Å². The monoisotopic (exact) mass is 409 g/mol. The molecule has 6 nitrogen and oxygen atoms in total. The van der Waals surface area contributed by atoms with E-state index in [2.05, 4.69) is 11.4 Å². The Morgan fingerprint density at radius 2 is 2.03 bits per heavy atom. The number of aliphatic imine (C=N–C) groups is 1. The highest BCUT2D eigenvalue weighted by atomic mass is 16.4. The van der Waals surface area contributed by atoms with E-state index in [1.54, 1.807) is 18.2 Å². The molecular weight excluding hydrogens is 390 g/mol. The lowest BCUT2D eigenvalue weighted by Gasteiger charge is -2.09. The molecule has 1 atom stereocenters. The molecule has 0 bridgehead atoms. The maximum Gasteiger partial charge on any atom is 0.335 e. The quantitative estimate of drug-likeness (QED) is 0.740. The molecule has 4 rings (SSSR count). The molecule has 1 aliphatic heterocycles. The molecule has 2 aromatic carbocycles. The van der Waals surface area contributed by atoms with Crippen molar-refractivity contribution in [3.63, 3.8) is 0 Å². The highest BCUT2D eigenvalue weighted by molar-refractivity contribution is 6.18. The van der Waals surface area contributed by atoms with Crippen molar-refractivity contribution >= 4 is 29.0 Å². The number of benzene rings is 2. The van der Waals surface area contributed by atoms with Crippen LogP contribution in [0.2, 0.25) is 0 Å². The highest BCUT2D eigenvalue weighted by Gasteiger charge is 2.19. The summed E-state index contributed by atoms with van der Waals surface area (Å²) >= 11 is 0. The van der Waals surface area contributed by atoms with Gasteiger partial charge in [-0.15, -0.1) is 0 Å². The second kappa shape index (κ2) is 8.64. The van der Waals surface area contributed by atoms with E-state index in [4.69, 9.17) is 4.99 Å². The van der Waals surface area contributed by atoms with E-state index in [-0.39, 0.29) is 23.8 Å². The summed E-state index contributed by atoms with van der Waals surface area (Å²) in [6.45, 7) is 0. The summed E-state index contributed by atoms with van der Waals surface area (Å²) in [5.41, 5.74) is 4.32. The van der Waals surface area contributed by atoms with Gasteiger partial charge in [0.25, 0.3) is 0 Å². The maximum atomic E-state index is 12.6. The number of nitriles is 1. The summed E-state index contributed by atoms with van der Waals surface area (Å²) in [7, 11) is 0. The number of hydrogen-bond donors (Lipinski definition) is 2. The van der Waals surface area contributed by atoms with Gasteiger partial charge < -0.3 is 10.4 Å². The van der Waals surface area contributed by atoms with Crippen LogP contribution in [-0.2, 0) is 4.79 Å². The van der Waals surface area contributed by atoms with Crippen LogP contribution in [0, 0.1) is 17.2 Å². The van der Waals surface area contributed by atoms with E-state index in [0.29, 0.717) is 23.5 Å². The Kier molecular flexibility index (Phi) is 5.59. The lowest BCUT2D eigenvalue weighted by molar-refractivity contribution is -0.115. The van der Waals surface area contributed by atoms with Gasteiger partial charge in [0, 0.05) is 0 Å². The Balaban J connectivity index is 1.72. The van der Waals surface area contributed by atoms with Crippen LogP contribution in [0.4, 0.5) is 11.4 Å². The summed E-state index contributed by atoms with van der Waals surface area (Å²) in [6, 6.07) is 14.4. The fraction of sp³-hybridized carbons (Fsp3) is 0.120. The van der Waals surface area contributed by atoms with Gasteiger partial charge in [-0.2, -0.15) is 5.26 Å². The molecule has 0 fully saturated rings. The first-order chi connectivity index (χ1) is 15.0. The number of allylic oxidation sites excluding steroid dienone is 6. The first-order valence-electron chi connectivity index (χ1n) is 9.84. The molecule has 1 aliphatic carbocycles. The van der Waals surface area contributed by atoms with E-state index in [0.717, 1.165) is 16.7 Å². The van der Waals surface area contributed by atoms with Gasteiger partial charge in [0.2, 0.25) is 5.91 Å². The Hall–Kier alpha value is -4.24. The van der Waals surface area contributed by atoms with E-state index in [1.807, 2.05) is 48.6 Å². The number of hydrogen-bond acceptors (Lipinski definition) is 4. The Morgan fingerprint density at radius 1 is 1.19 bits per heavy atom. The van der Waals surface area contributed by atoms with Crippen molar-refractivity contribution in [2.45, 2.75) is 12.8 Å². The highest BCUT2D eigenvalue weighted by Crippen LogP contribution is 2.34. The first-order valence-corrected chi connectivity index (χ1v) is 9.84. The van der Waals surface area contributed by atoms with Gasteiger partial charge in [-0.1, -0.05) is 48.6 Å². The zero-order valence-electron chi connectivity index (χ0n) is 16.6. The summed E-state index contributed by atoms with van der Waals surface area (Å²) in [4.78, 5) is 28.6. The van der Waals surface area contributed by atoms with Crippen molar-refractivity contribution in [3.8, 4) is 17.2 Å². The lowest BCUT2D eigenvalue weighted by atomic mass is 9.99. The minimum Gasteiger partial charge on any atom is -0.478 e. The van der Waals surface area contributed by atoms with Gasteiger partial charge in [-0.25, -0.2) is 4.79 Å². The van der Waals surface area contributed by atoms with Crippen molar-refractivity contribution < 1.29 is 14.7 Å². The predicted molar refractivity (Wildman–Crippen MR) is 119 cm³/mol. The summed E-state index contributed by atoms with van der Waals surface area (Å²) < 4.78 is 0. The zero-order valence-corrected chi connectivity index (χ0v) is 16.6. The minimum atomic E-state index is -0.993. The van der Waals surface area contributed by atoms with Crippen LogP contribution in [0.25, 0.3) is 11.1 Å². The van der Waals surface area contributed by atoms with Crippen LogP contribution in [0.5, 0.6) is 0 Å². The number of carbonyl (C=O) groups excluding carboxylic acids is 1. The molecule has 1 amide bonds. The third-order valence-corrected chi connectivity index (χ3v) is 5.11. The van der Waals surface area contributed by atoms with Crippen LogP contribution in [0.3, 0.4) is 0 Å². The molecule has 31 heavy (non-hydrogen) atoms. The molecule has 0 spiro atoms. The molecule has 6 heteroatoms. The second-order valence-electron chi connectivity index (χ2n) is 7.28. The van der Waals surface area contributed by atoms with Gasteiger partial charge in [-0.05, 0) is 47.4 Å². The van der Waals surface area contributed by atoms with E-state index < -0.39 is 5.97 Å². The van der Waals surface area contributed by atoms with Crippen LogP contribution >= 0.6 is 0 Å². The second-order valence-corrected chi connectivity index (χ2v) is 7.28. The Labute approximate surface area is 179 Å². The maximum absolute atomic E-state index is 12.6. The predicted octanol–water partition coefficient (Wildman–Crippen LogP) is 5.05. The Bertz CT molecular complexity index is 1230. The minimum absolute atomic E-state index is 0.111.